The van der Waals surface area contributed by atoms with Gasteiger partial charge in [-0.15, -0.1) is 0 Å². The molecule has 0 aliphatic rings. The molecule has 0 spiro atoms. The van der Waals surface area contributed by atoms with Crippen LogP contribution in [0.25, 0.3) is 0 Å². The number of anilines is 1. The average Bonchev–Trinajstić information content (AvgIpc) is 2.56. The lowest BCUT2D eigenvalue weighted by Gasteiger charge is -2.11. The zero-order chi connectivity index (χ0) is 17.5. The summed E-state index contributed by atoms with van der Waals surface area (Å²) in [7, 11) is 0. The van der Waals surface area contributed by atoms with E-state index in [9.17, 15) is 14.7 Å². The van der Waals surface area contributed by atoms with Crippen LogP contribution in [-0.4, -0.2) is 30.1 Å². The van der Waals surface area contributed by atoms with Crippen LogP contribution in [0.3, 0.4) is 0 Å². The average molecular weight is 328 g/mol. The molecular formula is C18H20N2O4. The van der Waals surface area contributed by atoms with Crippen LogP contribution in [-0.2, 0) is 9.59 Å². The summed E-state index contributed by atoms with van der Waals surface area (Å²) in [5, 5.41) is 14.8. The van der Waals surface area contributed by atoms with Gasteiger partial charge in [0.15, 0.2) is 18.1 Å². The van der Waals surface area contributed by atoms with Crippen molar-refractivity contribution < 1.29 is 19.4 Å². The molecule has 0 unspecified atom stereocenters. The molecule has 2 rings (SSSR count). The third-order valence-electron chi connectivity index (χ3n) is 3.55. The Morgan fingerprint density at radius 1 is 1.04 bits per heavy atom. The number of hydrogen-bond acceptors (Lipinski definition) is 4. The van der Waals surface area contributed by atoms with Crippen molar-refractivity contribution in [1.82, 2.24) is 5.32 Å². The summed E-state index contributed by atoms with van der Waals surface area (Å²) in [6.07, 6.45) is 0. The number of para-hydroxylation sites is 2. The lowest BCUT2D eigenvalue weighted by molar-refractivity contribution is -0.125. The first kappa shape index (κ1) is 17.3. The highest BCUT2D eigenvalue weighted by atomic mass is 16.5. The number of hydrogen-bond donors (Lipinski definition) is 3. The molecule has 0 saturated heterocycles. The summed E-state index contributed by atoms with van der Waals surface area (Å²) in [6, 6.07) is 12.0. The Kier molecular flexibility index (Phi) is 5.78. The molecule has 126 valence electrons. The fraction of sp³-hybridized carbons (Fsp3) is 0.222. The van der Waals surface area contributed by atoms with E-state index in [1.165, 1.54) is 6.07 Å². The van der Waals surface area contributed by atoms with E-state index >= 15 is 0 Å². The summed E-state index contributed by atoms with van der Waals surface area (Å²) in [5.74, 6) is -0.598. The molecule has 0 aliphatic carbocycles. The zero-order valence-corrected chi connectivity index (χ0v) is 13.6. The molecule has 2 aromatic rings. The number of carbonyl (C=O) groups is 2. The lowest BCUT2D eigenvalue weighted by Crippen LogP contribution is -2.35. The Morgan fingerprint density at radius 2 is 1.79 bits per heavy atom. The van der Waals surface area contributed by atoms with E-state index in [4.69, 9.17) is 4.74 Å². The molecular weight excluding hydrogens is 308 g/mol. The number of ether oxygens (including phenoxy) is 1. The van der Waals surface area contributed by atoms with Gasteiger partial charge >= 0.3 is 0 Å². The van der Waals surface area contributed by atoms with Crippen LogP contribution < -0.4 is 15.4 Å². The Bertz CT molecular complexity index is 744. The van der Waals surface area contributed by atoms with Crippen molar-refractivity contribution in [3.63, 3.8) is 0 Å². The van der Waals surface area contributed by atoms with E-state index in [0.717, 1.165) is 16.8 Å². The quantitative estimate of drug-likeness (QED) is 0.758. The predicted molar refractivity (Wildman–Crippen MR) is 91.2 cm³/mol. The van der Waals surface area contributed by atoms with E-state index < -0.39 is 5.91 Å². The van der Waals surface area contributed by atoms with Crippen molar-refractivity contribution in [2.45, 2.75) is 13.8 Å². The van der Waals surface area contributed by atoms with E-state index in [0.29, 0.717) is 0 Å². The molecule has 0 heterocycles. The van der Waals surface area contributed by atoms with Crippen LogP contribution in [0, 0.1) is 13.8 Å². The fourth-order valence-corrected chi connectivity index (χ4v) is 2.03. The molecule has 0 aliphatic heterocycles. The number of amides is 2. The van der Waals surface area contributed by atoms with Gasteiger partial charge < -0.3 is 20.5 Å². The molecule has 0 saturated carbocycles. The fourth-order valence-electron chi connectivity index (χ4n) is 2.03. The maximum absolute atomic E-state index is 11.9. The summed E-state index contributed by atoms with van der Waals surface area (Å²) < 4.78 is 5.19. The van der Waals surface area contributed by atoms with Crippen LogP contribution in [0.4, 0.5) is 5.69 Å². The van der Waals surface area contributed by atoms with Gasteiger partial charge in [0.2, 0.25) is 5.91 Å². The SMILES string of the molecule is Cc1cccc(NC(=O)CNC(=O)COc2ccccc2O)c1C. The smallest absolute Gasteiger partial charge is 0.258 e. The van der Waals surface area contributed by atoms with E-state index in [1.807, 2.05) is 32.0 Å². The minimum Gasteiger partial charge on any atom is -0.504 e. The van der Waals surface area contributed by atoms with E-state index in [-0.39, 0.29) is 30.6 Å². The van der Waals surface area contributed by atoms with Crippen LogP contribution in [0.5, 0.6) is 11.5 Å². The van der Waals surface area contributed by atoms with Gasteiger partial charge in [0, 0.05) is 5.69 Å². The lowest BCUT2D eigenvalue weighted by atomic mass is 10.1. The van der Waals surface area contributed by atoms with Gasteiger partial charge in [-0.05, 0) is 43.2 Å². The Hall–Kier alpha value is -3.02. The van der Waals surface area contributed by atoms with Gasteiger partial charge in [0.05, 0.1) is 6.54 Å². The summed E-state index contributed by atoms with van der Waals surface area (Å²) >= 11 is 0. The number of aromatic hydroxyl groups is 1. The first-order chi connectivity index (χ1) is 11.5. The summed E-state index contributed by atoms with van der Waals surface area (Å²) in [6.45, 7) is 3.44. The number of benzene rings is 2. The van der Waals surface area contributed by atoms with Gasteiger partial charge in [-0.3, -0.25) is 9.59 Å². The molecule has 2 aromatic carbocycles. The van der Waals surface area contributed by atoms with Crippen molar-refractivity contribution >= 4 is 17.5 Å². The third kappa shape index (κ3) is 4.74. The molecule has 0 radical (unpaired) electrons. The number of phenolic OH excluding ortho intramolecular Hbond substituents is 1. The van der Waals surface area contributed by atoms with Crippen molar-refractivity contribution in [2.75, 3.05) is 18.5 Å². The first-order valence-electron chi connectivity index (χ1n) is 7.51. The molecule has 0 fully saturated rings. The molecule has 0 aromatic heterocycles. The second-order valence-electron chi connectivity index (χ2n) is 5.33. The van der Waals surface area contributed by atoms with Crippen molar-refractivity contribution in [1.29, 1.82) is 0 Å². The van der Waals surface area contributed by atoms with Gasteiger partial charge in [-0.1, -0.05) is 24.3 Å². The van der Waals surface area contributed by atoms with Crippen LogP contribution in [0.15, 0.2) is 42.5 Å². The van der Waals surface area contributed by atoms with Crippen molar-refractivity contribution in [3.05, 3.63) is 53.6 Å². The highest BCUT2D eigenvalue weighted by Gasteiger charge is 2.09. The maximum atomic E-state index is 11.9. The summed E-state index contributed by atoms with van der Waals surface area (Å²) in [4.78, 5) is 23.6. The van der Waals surface area contributed by atoms with Crippen molar-refractivity contribution in [3.8, 4) is 11.5 Å². The topological polar surface area (TPSA) is 87.7 Å². The standard InChI is InChI=1S/C18H20N2O4/c1-12-6-5-7-14(13(12)2)20-17(22)10-19-18(23)11-24-16-9-4-3-8-15(16)21/h3-9,21H,10-11H2,1-2H3,(H,19,23)(H,20,22). The normalized spacial score (nSPS) is 10.1. The van der Waals surface area contributed by atoms with Gasteiger partial charge in [0.25, 0.3) is 5.91 Å². The monoisotopic (exact) mass is 328 g/mol. The Morgan fingerprint density at radius 3 is 2.54 bits per heavy atom. The van der Waals surface area contributed by atoms with E-state index in [2.05, 4.69) is 10.6 Å². The number of rotatable bonds is 6. The highest BCUT2D eigenvalue weighted by Crippen LogP contribution is 2.24. The van der Waals surface area contributed by atoms with Crippen molar-refractivity contribution in [2.24, 2.45) is 0 Å². The Balaban J connectivity index is 1.78. The van der Waals surface area contributed by atoms with Gasteiger partial charge in [-0.2, -0.15) is 0 Å². The second-order valence-corrected chi connectivity index (χ2v) is 5.33. The number of phenols is 1. The zero-order valence-electron chi connectivity index (χ0n) is 13.6. The molecule has 2 amide bonds. The third-order valence-corrected chi connectivity index (χ3v) is 3.55. The van der Waals surface area contributed by atoms with Crippen LogP contribution in [0.1, 0.15) is 11.1 Å². The molecule has 6 nitrogen and oxygen atoms in total. The minimum atomic E-state index is -0.450. The molecule has 6 heteroatoms. The minimum absolute atomic E-state index is 0.0436. The predicted octanol–water partition coefficient (Wildman–Crippen LogP) is 2.14. The first-order valence-corrected chi connectivity index (χ1v) is 7.51. The van der Waals surface area contributed by atoms with E-state index in [1.54, 1.807) is 18.2 Å². The van der Waals surface area contributed by atoms with Crippen LogP contribution >= 0.6 is 0 Å². The number of nitrogens with one attached hydrogen (secondary N) is 2. The maximum Gasteiger partial charge on any atom is 0.258 e. The highest BCUT2D eigenvalue weighted by molar-refractivity contribution is 5.95. The number of carbonyl (C=O) groups excluding carboxylic acids is 2. The number of aryl methyl sites for hydroxylation is 1. The van der Waals surface area contributed by atoms with Gasteiger partial charge in [0.1, 0.15) is 0 Å². The molecule has 24 heavy (non-hydrogen) atoms. The Labute approximate surface area is 140 Å². The van der Waals surface area contributed by atoms with Crippen LogP contribution in [0.2, 0.25) is 0 Å². The molecule has 0 bridgehead atoms. The second kappa shape index (κ2) is 8.01. The largest absolute Gasteiger partial charge is 0.504 e. The molecule has 0 atom stereocenters. The van der Waals surface area contributed by atoms with Gasteiger partial charge in [-0.25, -0.2) is 0 Å². The summed E-state index contributed by atoms with van der Waals surface area (Å²) in [5.41, 5.74) is 2.78. The molecule has 3 N–H and O–H groups in total.